The highest BCUT2D eigenvalue weighted by atomic mass is 35.7. The number of halogens is 1. The van der Waals surface area contributed by atoms with Gasteiger partial charge in [0.1, 0.15) is 0 Å². The first-order valence-corrected chi connectivity index (χ1v) is 5.42. The smallest absolute Gasteiger partial charge is 0.235 e. The van der Waals surface area contributed by atoms with Gasteiger partial charge in [-0.05, 0) is 6.42 Å². The van der Waals surface area contributed by atoms with Crippen molar-refractivity contribution in [2.45, 2.75) is 19.4 Å². The highest BCUT2D eigenvalue weighted by Gasteiger charge is 2.13. The van der Waals surface area contributed by atoms with Crippen molar-refractivity contribution in [3.05, 3.63) is 0 Å². The van der Waals surface area contributed by atoms with Crippen molar-refractivity contribution in [2.75, 3.05) is 12.9 Å². The van der Waals surface area contributed by atoms with E-state index >= 15 is 0 Å². The van der Waals surface area contributed by atoms with Gasteiger partial charge in [0, 0.05) is 17.8 Å². The molecule has 0 fully saturated rings. The van der Waals surface area contributed by atoms with Gasteiger partial charge in [-0.25, -0.2) is 8.42 Å². The summed E-state index contributed by atoms with van der Waals surface area (Å²) in [7, 11) is 3.05. The Balaban J connectivity index is 3.87. The Hall–Kier alpha value is 0.200. The Labute approximate surface area is 65.7 Å². The molecule has 3 nitrogen and oxygen atoms in total. The van der Waals surface area contributed by atoms with Crippen molar-refractivity contribution in [1.82, 2.24) is 0 Å². The van der Waals surface area contributed by atoms with E-state index in [1.165, 1.54) is 7.11 Å². The summed E-state index contributed by atoms with van der Waals surface area (Å²) in [5.74, 6) is -0.110. The molecule has 62 valence electrons. The van der Waals surface area contributed by atoms with E-state index in [-0.39, 0.29) is 11.9 Å². The quantitative estimate of drug-likeness (QED) is 0.615. The highest BCUT2D eigenvalue weighted by molar-refractivity contribution is 8.13. The first-order chi connectivity index (χ1) is 4.49. The van der Waals surface area contributed by atoms with Gasteiger partial charge in [0.05, 0.1) is 11.9 Å². The lowest BCUT2D eigenvalue weighted by Gasteiger charge is -2.08. The fourth-order valence-corrected chi connectivity index (χ4v) is 1.81. The molecule has 0 aliphatic carbocycles. The molecular weight excluding hydrogens is 176 g/mol. The number of methoxy groups -OCH3 is 1. The normalized spacial score (nSPS) is 15.1. The van der Waals surface area contributed by atoms with E-state index in [2.05, 4.69) is 0 Å². The Kier molecular flexibility index (Phi) is 4.24. The molecule has 0 amide bonds. The molecule has 0 aliphatic heterocycles. The Morgan fingerprint density at radius 3 is 2.20 bits per heavy atom. The van der Waals surface area contributed by atoms with Gasteiger partial charge in [0.15, 0.2) is 0 Å². The summed E-state index contributed by atoms with van der Waals surface area (Å²) in [6, 6.07) is 0. The molecule has 0 saturated heterocycles. The zero-order chi connectivity index (χ0) is 8.20. The number of rotatable bonds is 4. The van der Waals surface area contributed by atoms with Crippen LogP contribution < -0.4 is 0 Å². The van der Waals surface area contributed by atoms with Gasteiger partial charge in [0.2, 0.25) is 9.05 Å². The van der Waals surface area contributed by atoms with Crippen LogP contribution in [0, 0.1) is 0 Å². The van der Waals surface area contributed by atoms with Crippen LogP contribution in [0.5, 0.6) is 0 Å². The minimum atomic E-state index is -3.40. The van der Waals surface area contributed by atoms with Crippen molar-refractivity contribution in [1.29, 1.82) is 0 Å². The summed E-state index contributed by atoms with van der Waals surface area (Å²) in [5.41, 5.74) is 0. The largest absolute Gasteiger partial charge is 0.380 e. The standard InChI is InChI=1S/C5H11ClO3S/c1-3-5(9-2)4-10(6,7)8/h5H,3-4H2,1-2H3. The fourth-order valence-electron chi connectivity index (χ4n) is 0.575. The third-order valence-electron chi connectivity index (χ3n) is 1.17. The third kappa shape index (κ3) is 5.02. The van der Waals surface area contributed by atoms with Crippen molar-refractivity contribution >= 4 is 19.7 Å². The second-order valence-corrected chi connectivity index (χ2v) is 4.79. The molecular formula is C5H11ClO3S. The number of ether oxygens (including phenoxy) is 1. The van der Waals surface area contributed by atoms with Crippen molar-refractivity contribution in [3.63, 3.8) is 0 Å². The van der Waals surface area contributed by atoms with Crippen LogP contribution in [0.25, 0.3) is 0 Å². The summed E-state index contributed by atoms with van der Waals surface area (Å²) in [6.45, 7) is 1.84. The minimum absolute atomic E-state index is 0.110. The monoisotopic (exact) mass is 186 g/mol. The summed E-state index contributed by atoms with van der Waals surface area (Å²) in [5, 5.41) is 0. The molecule has 0 radical (unpaired) electrons. The van der Waals surface area contributed by atoms with E-state index in [0.29, 0.717) is 6.42 Å². The maximum Gasteiger partial charge on any atom is 0.235 e. The van der Waals surface area contributed by atoms with Gasteiger partial charge >= 0.3 is 0 Å². The Bertz CT molecular complexity index is 171. The molecule has 0 aromatic carbocycles. The fraction of sp³-hybridized carbons (Fsp3) is 1.00. The molecule has 1 unspecified atom stereocenters. The second-order valence-electron chi connectivity index (χ2n) is 1.97. The first kappa shape index (κ1) is 10.2. The van der Waals surface area contributed by atoms with Crippen LogP contribution in [-0.2, 0) is 13.8 Å². The summed E-state index contributed by atoms with van der Waals surface area (Å²) in [4.78, 5) is 0. The van der Waals surface area contributed by atoms with Crippen LogP contribution in [0.15, 0.2) is 0 Å². The first-order valence-electron chi connectivity index (χ1n) is 2.94. The molecule has 0 N–H and O–H groups in total. The molecule has 0 aliphatic rings. The molecule has 0 aromatic heterocycles. The van der Waals surface area contributed by atoms with E-state index in [1.807, 2.05) is 6.92 Å². The molecule has 10 heavy (non-hydrogen) atoms. The summed E-state index contributed by atoms with van der Waals surface area (Å²) in [6.07, 6.45) is 0.380. The van der Waals surface area contributed by atoms with Crippen LogP contribution in [0.4, 0.5) is 0 Å². The molecule has 1 atom stereocenters. The molecule has 0 aromatic rings. The van der Waals surface area contributed by atoms with E-state index in [1.54, 1.807) is 0 Å². The predicted octanol–water partition coefficient (Wildman–Crippen LogP) is 0.980. The lowest BCUT2D eigenvalue weighted by molar-refractivity contribution is 0.118. The van der Waals surface area contributed by atoms with E-state index in [4.69, 9.17) is 15.4 Å². The zero-order valence-corrected chi connectivity index (χ0v) is 7.57. The number of hydrogen-bond donors (Lipinski definition) is 0. The minimum Gasteiger partial charge on any atom is -0.380 e. The Morgan fingerprint density at radius 1 is 1.60 bits per heavy atom. The predicted molar refractivity (Wildman–Crippen MR) is 40.7 cm³/mol. The third-order valence-corrected chi connectivity index (χ3v) is 2.32. The maximum atomic E-state index is 10.4. The molecule has 5 heteroatoms. The van der Waals surface area contributed by atoms with Gasteiger partial charge in [0.25, 0.3) is 0 Å². The summed E-state index contributed by atoms with van der Waals surface area (Å²) >= 11 is 0. The van der Waals surface area contributed by atoms with Gasteiger partial charge < -0.3 is 4.74 Å². The molecule has 0 saturated carbocycles. The average Bonchev–Trinajstić information content (AvgIpc) is 1.81. The van der Waals surface area contributed by atoms with Gasteiger partial charge in [-0.1, -0.05) is 6.92 Å². The molecule has 0 spiro atoms. The maximum absolute atomic E-state index is 10.4. The zero-order valence-electron chi connectivity index (χ0n) is 6.00. The van der Waals surface area contributed by atoms with Gasteiger partial charge in [-0.3, -0.25) is 0 Å². The second kappa shape index (κ2) is 4.16. The Morgan fingerprint density at radius 2 is 2.10 bits per heavy atom. The van der Waals surface area contributed by atoms with Crippen molar-refractivity contribution in [2.24, 2.45) is 0 Å². The van der Waals surface area contributed by atoms with Gasteiger partial charge in [-0.15, -0.1) is 0 Å². The van der Waals surface area contributed by atoms with E-state index in [9.17, 15) is 8.42 Å². The number of hydrogen-bond acceptors (Lipinski definition) is 3. The lowest BCUT2D eigenvalue weighted by atomic mass is 10.3. The highest BCUT2D eigenvalue weighted by Crippen LogP contribution is 2.04. The van der Waals surface area contributed by atoms with E-state index < -0.39 is 9.05 Å². The van der Waals surface area contributed by atoms with Gasteiger partial charge in [-0.2, -0.15) is 0 Å². The molecule has 0 bridgehead atoms. The van der Waals surface area contributed by atoms with Crippen LogP contribution >= 0.6 is 10.7 Å². The summed E-state index contributed by atoms with van der Waals surface area (Å²) < 4.78 is 25.7. The van der Waals surface area contributed by atoms with E-state index in [0.717, 1.165) is 0 Å². The van der Waals surface area contributed by atoms with Crippen molar-refractivity contribution < 1.29 is 13.2 Å². The van der Waals surface area contributed by atoms with Crippen LogP contribution in [0.1, 0.15) is 13.3 Å². The topological polar surface area (TPSA) is 43.4 Å². The van der Waals surface area contributed by atoms with Crippen LogP contribution in [0.2, 0.25) is 0 Å². The molecule has 0 heterocycles. The SMILES string of the molecule is CCC(CS(=O)(=O)Cl)OC. The van der Waals surface area contributed by atoms with Crippen LogP contribution in [-0.4, -0.2) is 27.4 Å². The lowest BCUT2D eigenvalue weighted by Crippen LogP contribution is -2.18. The molecule has 0 rings (SSSR count). The average molecular weight is 187 g/mol. The van der Waals surface area contributed by atoms with Crippen LogP contribution in [0.3, 0.4) is 0 Å². The van der Waals surface area contributed by atoms with Crippen molar-refractivity contribution in [3.8, 4) is 0 Å².